The van der Waals surface area contributed by atoms with Gasteiger partial charge in [-0.05, 0) is 29.8 Å². The molecule has 0 unspecified atom stereocenters. The maximum absolute atomic E-state index is 12.4. The molecule has 1 aliphatic heterocycles. The van der Waals surface area contributed by atoms with Crippen molar-refractivity contribution in [2.24, 2.45) is 0 Å². The molecule has 2 heterocycles. The summed E-state index contributed by atoms with van der Waals surface area (Å²) < 4.78 is 5.14. The van der Waals surface area contributed by atoms with Gasteiger partial charge in [0.1, 0.15) is 16.8 Å². The van der Waals surface area contributed by atoms with Crippen LogP contribution in [0.4, 0.5) is 10.8 Å². The average Bonchev–Trinajstić information content (AvgIpc) is 3.15. The van der Waals surface area contributed by atoms with E-state index in [9.17, 15) is 14.4 Å². The number of fused-ring (bicyclic) bond motifs is 1. The number of anilines is 2. The number of carbonyl (C=O) groups is 3. The molecule has 158 valence electrons. The highest BCUT2D eigenvalue weighted by atomic mass is 32.1. The van der Waals surface area contributed by atoms with Gasteiger partial charge in [-0.3, -0.25) is 14.4 Å². The number of rotatable bonds is 6. The summed E-state index contributed by atoms with van der Waals surface area (Å²) in [6.45, 7) is 0. The predicted octanol–water partition coefficient (Wildman–Crippen LogP) is 2.22. The molecule has 0 aliphatic carbocycles. The number of hydrogen-bond donors (Lipinski definition) is 3. The molecule has 0 spiro atoms. The van der Waals surface area contributed by atoms with Crippen LogP contribution < -0.4 is 20.7 Å². The molecule has 0 radical (unpaired) electrons. The molecule has 1 aliphatic rings. The van der Waals surface area contributed by atoms with Crippen molar-refractivity contribution in [3.05, 3.63) is 64.7 Å². The predicted molar refractivity (Wildman–Crippen MR) is 115 cm³/mol. The van der Waals surface area contributed by atoms with Crippen molar-refractivity contribution in [1.29, 1.82) is 0 Å². The zero-order chi connectivity index (χ0) is 21.8. The molecule has 3 amide bonds. The Balaban J connectivity index is 1.36. The highest BCUT2D eigenvalue weighted by molar-refractivity contribution is 7.15. The lowest BCUT2D eigenvalue weighted by Gasteiger charge is -2.13. The SMILES string of the molecule is COc1ccc(Cc2nnc(NC(=O)C[C@H]3NC(=O)c4ccccc4NC3=O)s2)cc1. The van der Waals surface area contributed by atoms with E-state index in [1.807, 2.05) is 24.3 Å². The van der Waals surface area contributed by atoms with E-state index in [4.69, 9.17) is 4.74 Å². The Kier molecular flexibility index (Phi) is 5.89. The first kappa shape index (κ1) is 20.5. The van der Waals surface area contributed by atoms with Gasteiger partial charge in [-0.2, -0.15) is 0 Å². The Morgan fingerprint density at radius 1 is 1.13 bits per heavy atom. The van der Waals surface area contributed by atoms with Gasteiger partial charge in [0.25, 0.3) is 5.91 Å². The number of ether oxygens (including phenoxy) is 1. The smallest absolute Gasteiger partial charge is 0.254 e. The molecule has 31 heavy (non-hydrogen) atoms. The van der Waals surface area contributed by atoms with Gasteiger partial charge < -0.3 is 20.7 Å². The van der Waals surface area contributed by atoms with Crippen molar-refractivity contribution in [1.82, 2.24) is 15.5 Å². The molecule has 3 aromatic rings. The third kappa shape index (κ3) is 4.86. The van der Waals surface area contributed by atoms with Crippen molar-refractivity contribution in [2.45, 2.75) is 18.9 Å². The van der Waals surface area contributed by atoms with E-state index in [1.54, 1.807) is 31.4 Å². The molecule has 0 saturated heterocycles. The Bertz CT molecular complexity index is 1130. The van der Waals surface area contributed by atoms with Crippen LogP contribution in [0.5, 0.6) is 5.75 Å². The Labute approximate surface area is 181 Å². The largest absolute Gasteiger partial charge is 0.497 e. The summed E-state index contributed by atoms with van der Waals surface area (Å²) in [6.07, 6.45) is 0.343. The molecule has 0 bridgehead atoms. The van der Waals surface area contributed by atoms with Crippen molar-refractivity contribution in [2.75, 3.05) is 17.7 Å². The second kappa shape index (κ2) is 8.92. The van der Waals surface area contributed by atoms with Crippen LogP contribution >= 0.6 is 11.3 Å². The quantitative estimate of drug-likeness (QED) is 0.544. The van der Waals surface area contributed by atoms with E-state index in [2.05, 4.69) is 26.1 Å². The lowest BCUT2D eigenvalue weighted by molar-refractivity contribution is -0.122. The van der Waals surface area contributed by atoms with Crippen LogP contribution in [0.1, 0.15) is 27.3 Å². The Morgan fingerprint density at radius 2 is 1.90 bits per heavy atom. The van der Waals surface area contributed by atoms with Crippen LogP contribution in [0.3, 0.4) is 0 Å². The highest BCUT2D eigenvalue weighted by Crippen LogP contribution is 2.22. The van der Waals surface area contributed by atoms with Crippen molar-refractivity contribution in [3.8, 4) is 5.75 Å². The number of nitrogens with one attached hydrogen (secondary N) is 3. The van der Waals surface area contributed by atoms with Crippen LogP contribution in [0, 0.1) is 0 Å². The van der Waals surface area contributed by atoms with E-state index in [0.29, 0.717) is 22.8 Å². The summed E-state index contributed by atoms with van der Waals surface area (Å²) in [5.74, 6) is -0.541. The van der Waals surface area contributed by atoms with Gasteiger partial charge in [0.2, 0.25) is 16.9 Å². The third-order valence-corrected chi connectivity index (χ3v) is 5.51. The number of hydrogen-bond acceptors (Lipinski definition) is 7. The average molecular weight is 437 g/mol. The Morgan fingerprint density at radius 3 is 2.68 bits per heavy atom. The second-order valence-electron chi connectivity index (χ2n) is 6.84. The van der Waals surface area contributed by atoms with E-state index in [-0.39, 0.29) is 6.42 Å². The number of para-hydroxylation sites is 1. The molecule has 10 heteroatoms. The van der Waals surface area contributed by atoms with E-state index >= 15 is 0 Å². The minimum atomic E-state index is -0.994. The monoisotopic (exact) mass is 437 g/mol. The number of benzene rings is 2. The fourth-order valence-electron chi connectivity index (χ4n) is 3.10. The molecule has 0 saturated carbocycles. The normalized spacial score (nSPS) is 15.3. The molecule has 4 rings (SSSR count). The van der Waals surface area contributed by atoms with Crippen molar-refractivity contribution < 1.29 is 19.1 Å². The van der Waals surface area contributed by atoms with Gasteiger partial charge in [0, 0.05) is 6.42 Å². The first-order chi connectivity index (χ1) is 15.0. The van der Waals surface area contributed by atoms with Crippen molar-refractivity contribution >= 4 is 39.9 Å². The molecule has 1 aromatic heterocycles. The molecular formula is C21H19N5O4S. The van der Waals surface area contributed by atoms with Gasteiger partial charge in [-0.1, -0.05) is 35.6 Å². The first-order valence-electron chi connectivity index (χ1n) is 9.48. The summed E-state index contributed by atoms with van der Waals surface area (Å²) in [7, 11) is 1.61. The summed E-state index contributed by atoms with van der Waals surface area (Å²) in [6, 6.07) is 13.3. The van der Waals surface area contributed by atoms with Crippen LogP contribution in [0.2, 0.25) is 0 Å². The summed E-state index contributed by atoms with van der Waals surface area (Å²) in [5, 5.41) is 17.1. The second-order valence-corrected chi connectivity index (χ2v) is 7.90. The lowest BCUT2D eigenvalue weighted by atomic mass is 10.1. The summed E-state index contributed by atoms with van der Waals surface area (Å²) in [4.78, 5) is 37.2. The third-order valence-electron chi connectivity index (χ3n) is 4.67. The molecule has 1 atom stereocenters. The fraction of sp³-hybridized carbons (Fsp3) is 0.190. The zero-order valence-electron chi connectivity index (χ0n) is 16.5. The maximum Gasteiger partial charge on any atom is 0.254 e. The van der Waals surface area contributed by atoms with Crippen molar-refractivity contribution in [3.63, 3.8) is 0 Å². The zero-order valence-corrected chi connectivity index (χ0v) is 17.4. The van der Waals surface area contributed by atoms with Gasteiger partial charge in [0.05, 0.1) is 24.8 Å². The van der Waals surface area contributed by atoms with Crippen LogP contribution in [-0.2, 0) is 16.0 Å². The number of nitrogens with zero attached hydrogens (tertiary/aromatic N) is 2. The van der Waals surface area contributed by atoms with Gasteiger partial charge in [-0.15, -0.1) is 10.2 Å². The standard InChI is InChI=1S/C21H19N5O4S/c1-30-13-8-6-12(7-9-13)10-18-25-26-21(31-18)24-17(27)11-16-20(29)22-15-5-3-2-4-14(15)19(28)23-16/h2-9,16H,10-11H2,1H3,(H,22,29)(H,23,28)(H,24,26,27)/t16-/m1/s1. The summed E-state index contributed by atoms with van der Waals surface area (Å²) >= 11 is 1.25. The minimum Gasteiger partial charge on any atom is -0.497 e. The van der Waals surface area contributed by atoms with Gasteiger partial charge in [-0.25, -0.2) is 0 Å². The van der Waals surface area contributed by atoms with Gasteiger partial charge >= 0.3 is 0 Å². The molecule has 3 N–H and O–H groups in total. The van der Waals surface area contributed by atoms with Gasteiger partial charge in [0.15, 0.2) is 0 Å². The van der Waals surface area contributed by atoms with E-state index in [1.165, 1.54) is 11.3 Å². The molecule has 0 fully saturated rings. The number of carbonyl (C=O) groups excluding carboxylic acids is 3. The number of aromatic nitrogens is 2. The molecular weight excluding hydrogens is 418 g/mol. The van der Waals surface area contributed by atoms with Crippen LogP contribution in [-0.4, -0.2) is 41.1 Å². The topological polar surface area (TPSA) is 122 Å². The van der Waals surface area contributed by atoms with Crippen LogP contribution in [0.25, 0.3) is 0 Å². The lowest BCUT2D eigenvalue weighted by Crippen LogP contribution is -2.43. The van der Waals surface area contributed by atoms with E-state index in [0.717, 1.165) is 16.3 Å². The first-order valence-corrected chi connectivity index (χ1v) is 10.3. The fourth-order valence-corrected chi connectivity index (χ4v) is 3.89. The maximum atomic E-state index is 12.4. The number of methoxy groups -OCH3 is 1. The molecule has 2 aromatic carbocycles. The number of amides is 3. The Hall–Kier alpha value is -3.79. The van der Waals surface area contributed by atoms with E-state index < -0.39 is 23.8 Å². The molecule has 9 nitrogen and oxygen atoms in total. The summed E-state index contributed by atoms with van der Waals surface area (Å²) in [5.41, 5.74) is 1.80. The highest BCUT2D eigenvalue weighted by Gasteiger charge is 2.29. The minimum absolute atomic E-state index is 0.223. The van der Waals surface area contributed by atoms with Crippen LogP contribution in [0.15, 0.2) is 48.5 Å².